The van der Waals surface area contributed by atoms with Crippen LogP contribution >= 0.6 is 11.6 Å². The zero-order valence-corrected chi connectivity index (χ0v) is 12.0. The Balaban J connectivity index is 1.97. The third-order valence-electron chi connectivity index (χ3n) is 3.07. The molecule has 0 saturated carbocycles. The number of hydrogen-bond donors (Lipinski definition) is 1. The smallest absolute Gasteiger partial charge is 0.272 e. The van der Waals surface area contributed by atoms with Crippen molar-refractivity contribution in [3.05, 3.63) is 59.5 Å². The fourth-order valence-corrected chi connectivity index (χ4v) is 2.27. The predicted molar refractivity (Wildman–Crippen MR) is 81.1 cm³/mol. The Morgan fingerprint density at radius 3 is 3.00 bits per heavy atom. The zero-order valence-electron chi connectivity index (χ0n) is 11.2. The van der Waals surface area contributed by atoms with E-state index in [9.17, 15) is 4.79 Å². The van der Waals surface area contributed by atoms with Crippen molar-refractivity contribution in [3.8, 4) is 5.75 Å². The summed E-state index contributed by atoms with van der Waals surface area (Å²) in [5, 5.41) is 3.32. The molecule has 6 heteroatoms. The standard InChI is InChI=1S/C15H12ClN3O2/c1-21-13-6-5-10(16)9-11(13)18-15(20)12-3-2-4-14-17-7-8-19(12)14/h2-9H,1H3,(H,18,20). The molecule has 1 amide bonds. The maximum Gasteiger partial charge on any atom is 0.272 e. The van der Waals surface area contributed by atoms with Crippen LogP contribution in [-0.2, 0) is 0 Å². The van der Waals surface area contributed by atoms with E-state index in [0.717, 1.165) is 0 Å². The van der Waals surface area contributed by atoms with Gasteiger partial charge in [0.25, 0.3) is 5.91 Å². The highest BCUT2D eigenvalue weighted by Gasteiger charge is 2.13. The second-order valence-corrected chi connectivity index (χ2v) is 4.80. The van der Waals surface area contributed by atoms with Crippen LogP contribution in [0.5, 0.6) is 5.75 Å². The van der Waals surface area contributed by atoms with Crippen LogP contribution in [0.1, 0.15) is 10.5 Å². The highest BCUT2D eigenvalue weighted by molar-refractivity contribution is 6.31. The molecule has 0 bridgehead atoms. The minimum atomic E-state index is -0.265. The Hall–Kier alpha value is -2.53. The molecule has 3 aromatic rings. The van der Waals surface area contributed by atoms with Crippen molar-refractivity contribution in [3.63, 3.8) is 0 Å². The molecule has 0 aliphatic heterocycles. The van der Waals surface area contributed by atoms with Gasteiger partial charge in [-0.3, -0.25) is 9.20 Å². The van der Waals surface area contributed by atoms with Crippen LogP contribution in [0.25, 0.3) is 5.65 Å². The molecule has 1 aromatic carbocycles. The molecular weight excluding hydrogens is 290 g/mol. The van der Waals surface area contributed by atoms with Crippen molar-refractivity contribution in [2.75, 3.05) is 12.4 Å². The normalized spacial score (nSPS) is 10.6. The Kier molecular flexibility index (Phi) is 3.50. The van der Waals surface area contributed by atoms with E-state index in [1.807, 2.05) is 6.07 Å². The van der Waals surface area contributed by atoms with Gasteiger partial charge < -0.3 is 10.1 Å². The number of carbonyl (C=O) groups is 1. The van der Waals surface area contributed by atoms with Crippen molar-refractivity contribution < 1.29 is 9.53 Å². The lowest BCUT2D eigenvalue weighted by Crippen LogP contribution is -2.16. The predicted octanol–water partition coefficient (Wildman–Crippen LogP) is 3.25. The van der Waals surface area contributed by atoms with E-state index < -0.39 is 0 Å². The summed E-state index contributed by atoms with van der Waals surface area (Å²) in [5.74, 6) is 0.282. The number of hydrogen-bond acceptors (Lipinski definition) is 3. The van der Waals surface area contributed by atoms with Gasteiger partial charge in [0.2, 0.25) is 0 Å². The van der Waals surface area contributed by atoms with E-state index >= 15 is 0 Å². The Labute approximate surface area is 126 Å². The number of halogens is 1. The van der Waals surface area contributed by atoms with Crippen molar-refractivity contribution in [1.29, 1.82) is 0 Å². The number of benzene rings is 1. The fraction of sp³-hybridized carbons (Fsp3) is 0.0667. The number of fused-ring (bicyclic) bond motifs is 1. The SMILES string of the molecule is COc1ccc(Cl)cc1NC(=O)c1cccc2nccn12. The number of amides is 1. The third-order valence-corrected chi connectivity index (χ3v) is 3.31. The summed E-state index contributed by atoms with van der Waals surface area (Å²) in [6.07, 6.45) is 3.38. The minimum Gasteiger partial charge on any atom is -0.495 e. The molecule has 2 aromatic heterocycles. The van der Waals surface area contributed by atoms with Gasteiger partial charge in [0.1, 0.15) is 17.1 Å². The van der Waals surface area contributed by atoms with Crippen LogP contribution in [0.2, 0.25) is 5.02 Å². The molecule has 2 heterocycles. The van der Waals surface area contributed by atoms with Crippen LogP contribution in [0, 0.1) is 0 Å². The number of nitrogens with zero attached hydrogens (tertiary/aromatic N) is 2. The maximum atomic E-state index is 12.4. The molecule has 0 fully saturated rings. The molecule has 0 aliphatic carbocycles. The maximum absolute atomic E-state index is 12.4. The lowest BCUT2D eigenvalue weighted by molar-refractivity contribution is 0.102. The summed E-state index contributed by atoms with van der Waals surface area (Å²) < 4.78 is 6.93. The van der Waals surface area contributed by atoms with Crippen LogP contribution in [0.15, 0.2) is 48.8 Å². The topological polar surface area (TPSA) is 55.6 Å². The molecule has 0 aliphatic rings. The van der Waals surface area contributed by atoms with Crippen LogP contribution < -0.4 is 10.1 Å². The van der Waals surface area contributed by atoms with Gasteiger partial charge in [0.15, 0.2) is 0 Å². The molecule has 0 spiro atoms. The molecule has 21 heavy (non-hydrogen) atoms. The van der Waals surface area contributed by atoms with E-state index in [1.54, 1.807) is 47.1 Å². The first-order valence-electron chi connectivity index (χ1n) is 6.26. The Morgan fingerprint density at radius 2 is 2.19 bits per heavy atom. The van der Waals surface area contributed by atoms with Gasteiger partial charge >= 0.3 is 0 Å². The van der Waals surface area contributed by atoms with Crippen molar-refractivity contribution in [1.82, 2.24) is 9.38 Å². The number of rotatable bonds is 3. The van der Waals surface area contributed by atoms with Gasteiger partial charge in [0, 0.05) is 17.4 Å². The highest BCUT2D eigenvalue weighted by Crippen LogP contribution is 2.28. The quantitative estimate of drug-likeness (QED) is 0.808. The minimum absolute atomic E-state index is 0.265. The van der Waals surface area contributed by atoms with Gasteiger partial charge in [-0.25, -0.2) is 4.98 Å². The van der Waals surface area contributed by atoms with Crippen molar-refractivity contribution in [2.24, 2.45) is 0 Å². The van der Waals surface area contributed by atoms with Crippen LogP contribution in [-0.4, -0.2) is 22.4 Å². The first-order chi connectivity index (χ1) is 10.2. The van der Waals surface area contributed by atoms with Gasteiger partial charge in [-0.2, -0.15) is 0 Å². The number of anilines is 1. The molecule has 5 nitrogen and oxygen atoms in total. The summed E-state index contributed by atoms with van der Waals surface area (Å²) in [7, 11) is 1.54. The number of nitrogens with one attached hydrogen (secondary N) is 1. The number of methoxy groups -OCH3 is 1. The summed E-state index contributed by atoms with van der Waals surface area (Å²) in [4.78, 5) is 16.6. The average molecular weight is 302 g/mol. The lowest BCUT2D eigenvalue weighted by atomic mass is 10.2. The third kappa shape index (κ3) is 2.55. The van der Waals surface area contributed by atoms with Gasteiger partial charge in [-0.15, -0.1) is 0 Å². The number of imidazole rings is 1. The second kappa shape index (κ2) is 5.46. The van der Waals surface area contributed by atoms with Crippen LogP contribution in [0.3, 0.4) is 0 Å². The van der Waals surface area contributed by atoms with E-state index in [-0.39, 0.29) is 5.91 Å². The molecule has 1 N–H and O–H groups in total. The van der Waals surface area contributed by atoms with Gasteiger partial charge in [-0.05, 0) is 30.3 Å². The van der Waals surface area contributed by atoms with Crippen molar-refractivity contribution >= 4 is 28.8 Å². The molecule has 0 radical (unpaired) electrons. The summed E-state index contributed by atoms with van der Waals surface area (Å²) in [6.45, 7) is 0. The largest absolute Gasteiger partial charge is 0.495 e. The second-order valence-electron chi connectivity index (χ2n) is 4.37. The number of ether oxygens (including phenoxy) is 1. The highest BCUT2D eigenvalue weighted by atomic mass is 35.5. The molecule has 3 rings (SSSR count). The lowest BCUT2D eigenvalue weighted by Gasteiger charge is -2.11. The monoisotopic (exact) mass is 301 g/mol. The Bertz CT molecular complexity index is 814. The van der Waals surface area contributed by atoms with Crippen LogP contribution in [0.4, 0.5) is 5.69 Å². The molecule has 0 atom stereocenters. The van der Waals surface area contributed by atoms with E-state index in [2.05, 4.69) is 10.3 Å². The fourth-order valence-electron chi connectivity index (χ4n) is 2.10. The number of pyridine rings is 1. The van der Waals surface area contributed by atoms with E-state index in [0.29, 0.717) is 27.8 Å². The van der Waals surface area contributed by atoms with Crippen molar-refractivity contribution in [2.45, 2.75) is 0 Å². The molecule has 0 saturated heterocycles. The number of carbonyl (C=O) groups excluding carboxylic acids is 1. The number of aromatic nitrogens is 2. The summed E-state index contributed by atoms with van der Waals surface area (Å²) >= 11 is 5.96. The first-order valence-corrected chi connectivity index (χ1v) is 6.64. The molecular formula is C15H12ClN3O2. The average Bonchev–Trinajstić information content (AvgIpc) is 2.95. The summed E-state index contributed by atoms with van der Waals surface area (Å²) in [6, 6.07) is 10.4. The Morgan fingerprint density at radius 1 is 1.33 bits per heavy atom. The van der Waals surface area contributed by atoms with E-state index in [4.69, 9.17) is 16.3 Å². The summed E-state index contributed by atoms with van der Waals surface area (Å²) in [5.41, 5.74) is 1.71. The first kappa shape index (κ1) is 13.5. The molecule has 106 valence electrons. The zero-order chi connectivity index (χ0) is 14.8. The van der Waals surface area contributed by atoms with Gasteiger partial charge in [0.05, 0.1) is 12.8 Å². The van der Waals surface area contributed by atoms with E-state index in [1.165, 1.54) is 7.11 Å². The molecule has 0 unspecified atom stereocenters. The van der Waals surface area contributed by atoms with Gasteiger partial charge in [-0.1, -0.05) is 17.7 Å².